The fraction of sp³-hybridized carbons (Fsp3) is 0.385. The minimum absolute atomic E-state index is 0.149. The molecule has 1 saturated carbocycles. The van der Waals surface area contributed by atoms with Gasteiger partial charge >= 0.3 is 0 Å². The van der Waals surface area contributed by atoms with E-state index in [-0.39, 0.29) is 5.54 Å². The Labute approximate surface area is 110 Å². The summed E-state index contributed by atoms with van der Waals surface area (Å²) in [5.74, 6) is 1.12. The van der Waals surface area contributed by atoms with Crippen LogP contribution in [0.2, 0.25) is 5.02 Å². The summed E-state index contributed by atoms with van der Waals surface area (Å²) in [4.78, 5) is 4.37. The van der Waals surface area contributed by atoms with Crippen molar-refractivity contribution in [2.24, 2.45) is 5.73 Å². The molecule has 1 aromatic heterocycles. The zero-order valence-corrected chi connectivity index (χ0v) is 10.7. The number of rotatable bonds is 3. The van der Waals surface area contributed by atoms with E-state index in [1.165, 1.54) is 6.42 Å². The van der Waals surface area contributed by atoms with Crippen LogP contribution >= 0.6 is 11.6 Å². The molecule has 18 heavy (non-hydrogen) atoms. The Morgan fingerprint density at radius 1 is 1.33 bits per heavy atom. The number of benzene rings is 1. The van der Waals surface area contributed by atoms with Gasteiger partial charge in [-0.05, 0) is 31.4 Å². The van der Waals surface area contributed by atoms with Crippen LogP contribution in [0.25, 0.3) is 11.4 Å². The SMILES string of the molecule is NC1(Cc2nc(-c3ccccc3Cl)no2)CCC1. The Hall–Kier alpha value is -1.39. The van der Waals surface area contributed by atoms with E-state index >= 15 is 0 Å². The smallest absolute Gasteiger partial charge is 0.228 e. The maximum absolute atomic E-state index is 6.16. The third kappa shape index (κ3) is 2.13. The summed E-state index contributed by atoms with van der Waals surface area (Å²) in [6, 6.07) is 7.45. The van der Waals surface area contributed by atoms with Crippen LogP contribution in [-0.4, -0.2) is 15.7 Å². The summed E-state index contributed by atoms with van der Waals surface area (Å²) < 4.78 is 5.25. The molecule has 0 amide bonds. The first-order valence-electron chi connectivity index (χ1n) is 6.03. The molecule has 1 heterocycles. The molecule has 0 radical (unpaired) electrons. The van der Waals surface area contributed by atoms with Gasteiger partial charge in [-0.1, -0.05) is 28.9 Å². The van der Waals surface area contributed by atoms with Crippen molar-refractivity contribution in [3.8, 4) is 11.4 Å². The molecule has 0 aliphatic heterocycles. The third-order valence-corrected chi connectivity index (χ3v) is 3.77. The van der Waals surface area contributed by atoms with Gasteiger partial charge in [-0.25, -0.2) is 0 Å². The lowest BCUT2D eigenvalue weighted by Gasteiger charge is -2.36. The normalized spacial score (nSPS) is 17.4. The van der Waals surface area contributed by atoms with Gasteiger partial charge in [0, 0.05) is 17.5 Å². The molecular formula is C13H14ClN3O. The first-order valence-corrected chi connectivity index (χ1v) is 6.40. The van der Waals surface area contributed by atoms with E-state index in [9.17, 15) is 0 Å². The predicted molar refractivity (Wildman–Crippen MR) is 69.2 cm³/mol. The van der Waals surface area contributed by atoms with Crippen LogP contribution in [0.3, 0.4) is 0 Å². The average Bonchev–Trinajstić information content (AvgIpc) is 2.76. The second kappa shape index (κ2) is 4.37. The lowest BCUT2D eigenvalue weighted by atomic mass is 9.75. The van der Waals surface area contributed by atoms with Gasteiger partial charge in [0.25, 0.3) is 0 Å². The molecule has 4 nitrogen and oxygen atoms in total. The molecule has 0 unspecified atom stereocenters. The van der Waals surface area contributed by atoms with Crippen LogP contribution in [0.4, 0.5) is 0 Å². The van der Waals surface area contributed by atoms with E-state index in [1.54, 1.807) is 0 Å². The van der Waals surface area contributed by atoms with Gasteiger partial charge in [0.2, 0.25) is 11.7 Å². The highest BCUT2D eigenvalue weighted by atomic mass is 35.5. The highest BCUT2D eigenvalue weighted by molar-refractivity contribution is 6.33. The van der Waals surface area contributed by atoms with Crippen molar-refractivity contribution in [3.63, 3.8) is 0 Å². The van der Waals surface area contributed by atoms with E-state index in [4.69, 9.17) is 21.9 Å². The number of hydrogen-bond donors (Lipinski definition) is 1. The molecule has 2 aromatic rings. The van der Waals surface area contributed by atoms with Crippen molar-refractivity contribution in [2.75, 3.05) is 0 Å². The van der Waals surface area contributed by atoms with Crippen LogP contribution in [0.1, 0.15) is 25.2 Å². The monoisotopic (exact) mass is 263 g/mol. The molecule has 0 bridgehead atoms. The van der Waals surface area contributed by atoms with Crippen LogP contribution in [0.5, 0.6) is 0 Å². The van der Waals surface area contributed by atoms with Crippen LogP contribution in [0, 0.1) is 0 Å². The summed E-state index contributed by atoms with van der Waals surface area (Å²) in [6.45, 7) is 0. The van der Waals surface area contributed by atoms with Crippen molar-refractivity contribution >= 4 is 11.6 Å². The molecule has 2 N–H and O–H groups in total. The first kappa shape index (κ1) is 11.7. The zero-order valence-electron chi connectivity index (χ0n) is 9.90. The first-order chi connectivity index (χ1) is 8.66. The zero-order chi connectivity index (χ0) is 12.6. The Balaban J connectivity index is 1.83. The molecule has 0 saturated heterocycles. The maximum atomic E-state index is 6.16. The quantitative estimate of drug-likeness (QED) is 0.925. The number of nitrogens with two attached hydrogens (primary N) is 1. The second-order valence-corrected chi connectivity index (χ2v) is 5.29. The van der Waals surface area contributed by atoms with Crippen molar-refractivity contribution < 1.29 is 4.52 Å². The minimum atomic E-state index is -0.149. The number of halogens is 1. The fourth-order valence-corrected chi connectivity index (χ4v) is 2.41. The Kier molecular flexibility index (Phi) is 2.84. The van der Waals surface area contributed by atoms with E-state index in [1.807, 2.05) is 24.3 Å². The highest BCUT2D eigenvalue weighted by Crippen LogP contribution is 2.32. The topological polar surface area (TPSA) is 64.9 Å². The van der Waals surface area contributed by atoms with Gasteiger partial charge < -0.3 is 10.3 Å². The summed E-state index contributed by atoms with van der Waals surface area (Å²) >= 11 is 6.09. The van der Waals surface area contributed by atoms with E-state index in [0.29, 0.717) is 23.2 Å². The van der Waals surface area contributed by atoms with Gasteiger partial charge in [0.05, 0.1) is 5.02 Å². The fourth-order valence-electron chi connectivity index (χ4n) is 2.19. The van der Waals surface area contributed by atoms with E-state index in [0.717, 1.165) is 18.4 Å². The van der Waals surface area contributed by atoms with Gasteiger partial charge in [-0.3, -0.25) is 0 Å². The van der Waals surface area contributed by atoms with Crippen molar-refractivity contribution in [1.29, 1.82) is 0 Å². The number of aromatic nitrogens is 2. The van der Waals surface area contributed by atoms with Crippen molar-refractivity contribution in [3.05, 3.63) is 35.2 Å². The molecule has 5 heteroatoms. The summed E-state index contributed by atoms with van der Waals surface area (Å²) in [5, 5.41) is 4.58. The average molecular weight is 264 g/mol. The molecule has 1 fully saturated rings. The molecule has 1 aromatic carbocycles. The van der Waals surface area contributed by atoms with Crippen molar-refractivity contribution in [1.82, 2.24) is 10.1 Å². The lowest BCUT2D eigenvalue weighted by molar-refractivity contribution is 0.222. The van der Waals surface area contributed by atoms with Gasteiger partial charge in [0.15, 0.2) is 0 Å². The maximum Gasteiger partial charge on any atom is 0.228 e. The Morgan fingerprint density at radius 3 is 2.78 bits per heavy atom. The standard InChI is InChI=1S/C13H14ClN3O/c14-10-5-2-1-4-9(10)12-16-11(18-17-12)8-13(15)6-3-7-13/h1-2,4-5H,3,6-8,15H2. The number of hydrogen-bond acceptors (Lipinski definition) is 4. The minimum Gasteiger partial charge on any atom is -0.339 e. The van der Waals surface area contributed by atoms with Crippen LogP contribution < -0.4 is 5.73 Å². The third-order valence-electron chi connectivity index (χ3n) is 3.44. The molecule has 94 valence electrons. The summed E-state index contributed by atoms with van der Waals surface area (Å²) in [6.07, 6.45) is 3.88. The summed E-state index contributed by atoms with van der Waals surface area (Å²) in [5.41, 5.74) is 6.80. The Morgan fingerprint density at radius 2 is 2.11 bits per heavy atom. The molecule has 3 rings (SSSR count). The van der Waals surface area contributed by atoms with Gasteiger partial charge in [0.1, 0.15) is 0 Å². The summed E-state index contributed by atoms with van der Waals surface area (Å²) in [7, 11) is 0. The molecular weight excluding hydrogens is 250 g/mol. The van der Waals surface area contributed by atoms with Crippen LogP contribution in [0.15, 0.2) is 28.8 Å². The van der Waals surface area contributed by atoms with E-state index < -0.39 is 0 Å². The predicted octanol–water partition coefficient (Wildman–Crippen LogP) is 2.81. The largest absolute Gasteiger partial charge is 0.339 e. The molecule has 1 aliphatic rings. The molecule has 0 atom stereocenters. The van der Waals surface area contributed by atoms with Gasteiger partial charge in [-0.15, -0.1) is 0 Å². The molecule has 1 aliphatic carbocycles. The number of nitrogens with zero attached hydrogens (tertiary/aromatic N) is 2. The van der Waals surface area contributed by atoms with E-state index in [2.05, 4.69) is 10.1 Å². The van der Waals surface area contributed by atoms with Gasteiger partial charge in [-0.2, -0.15) is 4.98 Å². The lowest BCUT2D eigenvalue weighted by Crippen LogP contribution is -2.48. The van der Waals surface area contributed by atoms with Crippen molar-refractivity contribution in [2.45, 2.75) is 31.2 Å². The van der Waals surface area contributed by atoms with Crippen LogP contribution in [-0.2, 0) is 6.42 Å². The second-order valence-electron chi connectivity index (χ2n) is 4.88. The Bertz CT molecular complexity index is 563. The highest BCUT2D eigenvalue weighted by Gasteiger charge is 2.34. The molecule has 0 spiro atoms.